The highest BCUT2D eigenvalue weighted by atomic mass is 16.4. The quantitative estimate of drug-likeness (QED) is 0.0302. The van der Waals surface area contributed by atoms with E-state index in [2.05, 4.69) is 74.4 Å². The average Bonchev–Trinajstić information content (AvgIpc) is 1.22. The van der Waals surface area contributed by atoms with Gasteiger partial charge in [-0.2, -0.15) is 0 Å². The van der Waals surface area contributed by atoms with Crippen molar-refractivity contribution in [2.75, 3.05) is 26.2 Å². The lowest BCUT2D eigenvalue weighted by Gasteiger charge is -2.37. The van der Waals surface area contributed by atoms with E-state index in [1.54, 1.807) is 95.3 Å². The largest absolute Gasteiger partial charge is 0.480 e. The van der Waals surface area contributed by atoms with Gasteiger partial charge in [0.2, 0.25) is 112 Å². The Morgan fingerprint density at radius 3 is 1.28 bits per heavy atom. The lowest BCUT2D eigenvalue weighted by molar-refractivity contribution is -0.148. The van der Waals surface area contributed by atoms with Gasteiger partial charge in [0.1, 0.15) is 99.7 Å². The number of β-amino-alcohol motifs (C(OH)–C–C–N with tert-alkyl or cyclic N) is 1. The topological polar surface area (TPSA) is 652 Å². The highest BCUT2D eigenvalue weighted by Gasteiger charge is 2.51. The summed E-state index contributed by atoms with van der Waals surface area (Å²) in [6.07, 6.45) is -4.26. The second-order valence-electron chi connectivity index (χ2n) is 37.5. The Morgan fingerprint density at radius 2 is 0.848 bits per heavy atom. The number of nitrogens with two attached hydrogens (primary N) is 2. The smallest absolute Gasteiger partial charge is 0.328 e. The summed E-state index contributed by atoms with van der Waals surface area (Å²) < 4.78 is 0. The minimum Gasteiger partial charge on any atom is -0.480 e. The molecule has 732 valence electrons. The molecule has 43 nitrogen and oxygen atoms in total. The fourth-order valence-corrected chi connectivity index (χ4v) is 15.3. The van der Waals surface area contributed by atoms with Gasteiger partial charge in [-0.1, -0.05) is 102 Å². The Morgan fingerprint density at radius 1 is 0.439 bits per heavy atom. The molecule has 43 heteroatoms. The molecule has 2 aromatic carbocycles. The highest BCUT2D eigenvalue weighted by Crippen LogP contribution is 2.29. The van der Waals surface area contributed by atoms with E-state index in [9.17, 15) is 116 Å². The van der Waals surface area contributed by atoms with E-state index < -0.39 is 268 Å². The van der Waals surface area contributed by atoms with E-state index in [-0.39, 0.29) is 83.2 Å². The molecule has 0 radical (unpaired) electrons. The number of carboxylic acid groups (broad SMARTS) is 1. The zero-order valence-electron chi connectivity index (χ0n) is 78.6. The molecule has 3 fully saturated rings. The van der Waals surface area contributed by atoms with E-state index in [4.69, 9.17) is 11.5 Å². The fourth-order valence-electron chi connectivity index (χ4n) is 15.3. The van der Waals surface area contributed by atoms with Crippen LogP contribution in [0.2, 0.25) is 0 Å². The number of hydrogen-bond acceptors (Lipinski definition) is 23. The summed E-state index contributed by atoms with van der Waals surface area (Å²) in [6.45, 7) is 23.7. The van der Waals surface area contributed by atoms with Crippen LogP contribution in [0.15, 0.2) is 60.7 Å². The zero-order chi connectivity index (χ0) is 99.8. The molecule has 19 amide bonds. The number of carbonyl (C=O) groups excluding carboxylic acids is 19. The first-order valence-corrected chi connectivity index (χ1v) is 44.4. The molecule has 5 rings (SSSR count). The molecule has 3 saturated heterocycles. The molecule has 0 bridgehead atoms. The van der Waals surface area contributed by atoms with Crippen molar-refractivity contribution in [1.82, 2.24) is 89.1 Å². The van der Waals surface area contributed by atoms with Crippen LogP contribution in [0.5, 0.6) is 0 Å². The van der Waals surface area contributed by atoms with Gasteiger partial charge < -0.3 is 121 Å². The summed E-state index contributed by atoms with van der Waals surface area (Å²) in [5, 5.41) is 77.1. The standard InChI is InChI=1S/C89H137N19O24/c1-19-48(5)65(99-79(128)85(10,11)100-69(117)55(36-38-64(91)114)96-80(129)89(18,20-2)105-71(119)58(92-50(7)111)43-52-31-25-22-26-32-52)75(123)98-66(49(6)110)76(124)104-84(8,9)78(127)97-56(41-47(3)4)70(118)102-86(12,13)81(130)106-39-27-33-60(106)72(120)93-54(35-37-63(90)113)68(116)101-88(16,17)83(132)108-45-53(112)44-62(108)74(122)103-87(14,15)82(131)107-40-28-34-61(107)73(121)94-57(42-51-29-23-21-24-30-51)67(115)95-59(46-109)77(125)126/h21-26,29-32,47-49,53-62,65-66,109-110,112H,19-20,27-28,33-46H2,1-18H3,(H2,90,113)(H2,91,114)(H,92,111)(H,93,120)(H,94,121)(H,95,115)(H,96,129)(H,97,127)(H,98,123)(H,99,128)(H,100,117)(H,101,116)(H,102,118)(H,103,122)(H,104,124)(H,105,119)(H,125,126)/t48-,49-,53+,54-,55-,56-,57-,58-,59-,60-,61+,62+,65+,66-,89-/m1/s1. The molecule has 0 saturated carbocycles. The lowest BCUT2D eigenvalue weighted by Crippen LogP contribution is -2.66. The van der Waals surface area contributed by atoms with E-state index in [1.807, 2.05) is 0 Å². The second-order valence-corrected chi connectivity index (χ2v) is 37.5. The Bertz CT molecular complexity index is 4540. The molecule has 3 aliphatic rings. The molecule has 2 aromatic rings. The van der Waals surface area contributed by atoms with Crippen molar-refractivity contribution in [3.05, 3.63) is 71.8 Å². The van der Waals surface area contributed by atoms with Crippen LogP contribution in [0.4, 0.5) is 0 Å². The molecule has 22 N–H and O–H groups in total. The number of aliphatic carboxylic acids is 1. The molecule has 0 spiro atoms. The van der Waals surface area contributed by atoms with Crippen molar-refractivity contribution in [3.63, 3.8) is 0 Å². The number of hydrogen-bond donors (Lipinski definition) is 20. The number of aliphatic hydroxyl groups is 3. The predicted molar refractivity (Wildman–Crippen MR) is 477 cm³/mol. The molecule has 0 aliphatic carbocycles. The second kappa shape index (κ2) is 47.7. The van der Waals surface area contributed by atoms with E-state index in [0.717, 1.165) is 11.8 Å². The Labute approximate surface area is 768 Å². The molecule has 15 atom stereocenters. The van der Waals surface area contributed by atoms with Gasteiger partial charge in [0.15, 0.2) is 0 Å². The summed E-state index contributed by atoms with van der Waals surface area (Å²) in [6, 6.07) is 1.14. The third-order valence-electron chi connectivity index (χ3n) is 23.5. The number of amides is 19. The van der Waals surface area contributed by atoms with E-state index >= 15 is 0 Å². The first kappa shape index (κ1) is 110. The number of carbonyl (C=O) groups is 20. The first-order chi connectivity index (χ1) is 61.3. The van der Waals surface area contributed by atoms with Gasteiger partial charge in [0.25, 0.3) is 0 Å². The lowest BCUT2D eigenvalue weighted by atomic mass is 9.94. The van der Waals surface area contributed by atoms with E-state index in [1.165, 1.54) is 92.9 Å². The molecule has 3 aliphatic heterocycles. The van der Waals surface area contributed by atoms with Crippen molar-refractivity contribution in [2.24, 2.45) is 23.3 Å². The van der Waals surface area contributed by atoms with Crippen LogP contribution >= 0.6 is 0 Å². The van der Waals surface area contributed by atoms with E-state index in [0.29, 0.717) is 17.5 Å². The monoisotopic (exact) mass is 1860 g/mol. The van der Waals surface area contributed by atoms with Crippen molar-refractivity contribution < 1.29 is 116 Å². The molecule has 0 aromatic heterocycles. The Kier molecular flexibility index (Phi) is 39.8. The summed E-state index contributed by atoms with van der Waals surface area (Å²) in [5.41, 5.74) is 1.08. The Balaban J connectivity index is 1.23. The van der Waals surface area contributed by atoms with Gasteiger partial charge in [-0.3, -0.25) is 91.1 Å². The van der Waals surface area contributed by atoms with Gasteiger partial charge in [-0.15, -0.1) is 0 Å². The predicted octanol–water partition coefficient (Wildman–Crippen LogP) is -3.85. The number of aliphatic hydroxyl groups excluding tert-OH is 3. The summed E-state index contributed by atoms with van der Waals surface area (Å²) in [7, 11) is 0. The zero-order valence-corrected chi connectivity index (χ0v) is 78.6. The average molecular weight is 1860 g/mol. The van der Waals surface area contributed by atoms with Crippen LogP contribution in [-0.4, -0.2) is 291 Å². The highest BCUT2D eigenvalue weighted by molar-refractivity contribution is 6.04. The number of nitrogens with one attached hydrogen (secondary N) is 14. The summed E-state index contributed by atoms with van der Waals surface area (Å²) in [5.74, 6) is -19.4. The SMILES string of the molecule is CC[C@@H](C)[C@H](NC(=O)C(C)(C)NC(=O)[C@@H](CCC(N)=O)NC(=O)[C@@](C)(CC)NC(=O)[C@@H](Cc1ccccc1)NC(C)=O)C(=O)N[C@@H](C(=O)NC(C)(C)C(=O)N[C@H](CC(C)C)C(=O)NC(C)(C)C(=O)N1CCC[C@@H]1C(=O)N[C@H](CCC(N)=O)C(=O)NC(C)(C)C(=O)N1C[C@@H](O)C[C@H]1C(=O)NC(C)(C)C(=O)N1CCC[C@H]1C(=O)N[C@H](Cc1ccccc1)C(=O)N[C@H](CO)C(=O)O)[C@@H](C)O. The summed E-state index contributed by atoms with van der Waals surface area (Å²) >= 11 is 0. The number of rotatable bonds is 48. The van der Waals surface area contributed by atoms with Gasteiger partial charge in [0.05, 0.1) is 18.8 Å². The van der Waals surface area contributed by atoms with Crippen LogP contribution in [0, 0.1) is 11.8 Å². The normalized spacial score (nSPS) is 18.6. The number of likely N-dealkylation sites (tertiary alicyclic amines) is 3. The minimum atomic E-state index is -1.96. The molecule has 0 unspecified atom stereocenters. The van der Waals surface area contributed by atoms with Crippen LogP contribution in [0.1, 0.15) is 213 Å². The van der Waals surface area contributed by atoms with Crippen LogP contribution in [-0.2, 0) is 109 Å². The third kappa shape index (κ3) is 31.2. The van der Waals surface area contributed by atoms with Gasteiger partial charge in [0, 0.05) is 58.7 Å². The Hall–Kier alpha value is -12.3. The fraction of sp³-hybridized carbons (Fsp3) is 0.640. The van der Waals surface area contributed by atoms with Crippen LogP contribution in [0.3, 0.4) is 0 Å². The van der Waals surface area contributed by atoms with Crippen molar-refractivity contribution in [3.8, 4) is 0 Å². The van der Waals surface area contributed by atoms with Crippen molar-refractivity contribution >= 4 is 118 Å². The molecule has 3 heterocycles. The van der Waals surface area contributed by atoms with Gasteiger partial charge in [-0.25, -0.2) is 4.79 Å². The van der Waals surface area contributed by atoms with Gasteiger partial charge in [-0.05, 0) is 157 Å². The minimum absolute atomic E-state index is 0.0238. The first-order valence-electron chi connectivity index (χ1n) is 44.4. The van der Waals surface area contributed by atoms with Gasteiger partial charge >= 0.3 is 5.97 Å². The van der Waals surface area contributed by atoms with Crippen LogP contribution in [0.25, 0.3) is 0 Å². The molecular formula is C89H137N19O24. The maximum absolute atomic E-state index is 14.8. The number of benzene rings is 2. The maximum atomic E-state index is 14.8. The van der Waals surface area contributed by atoms with Crippen molar-refractivity contribution in [2.45, 2.75) is 326 Å². The number of nitrogens with zero attached hydrogens (tertiary/aromatic N) is 3. The third-order valence-corrected chi connectivity index (χ3v) is 23.5. The molecule has 132 heavy (non-hydrogen) atoms. The number of primary amides is 2. The van der Waals surface area contributed by atoms with Crippen LogP contribution < -0.4 is 85.9 Å². The maximum Gasteiger partial charge on any atom is 0.328 e. The number of carboxylic acids is 1. The molecular weight excluding hydrogens is 1720 g/mol. The summed E-state index contributed by atoms with van der Waals surface area (Å²) in [4.78, 5) is 281. The van der Waals surface area contributed by atoms with Crippen molar-refractivity contribution in [1.29, 1.82) is 0 Å².